The Hall–Kier alpha value is -2.91. The van der Waals surface area contributed by atoms with E-state index >= 15 is 0 Å². The predicted molar refractivity (Wildman–Crippen MR) is 118 cm³/mol. The first-order valence-corrected chi connectivity index (χ1v) is 10.4. The number of nitrogens with zero attached hydrogens (tertiary/aromatic N) is 1. The minimum Gasteiger partial charge on any atom is -0.338 e. The molecule has 1 aliphatic heterocycles. The second-order valence-electron chi connectivity index (χ2n) is 7.87. The van der Waals surface area contributed by atoms with Gasteiger partial charge in [0.05, 0.1) is 0 Å². The molecule has 0 radical (unpaired) electrons. The van der Waals surface area contributed by atoms with E-state index in [4.69, 9.17) is 5.73 Å². The fourth-order valence-corrected chi connectivity index (χ4v) is 4.39. The molecule has 2 atom stereocenters. The van der Waals surface area contributed by atoms with Crippen molar-refractivity contribution in [2.24, 2.45) is 11.7 Å². The lowest BCUT2D eigenvalue weighted by Gasteiger charge is -2.19. The Morgan fingerprint density at radius 2 is 1.48 bits per heavy atom. The summed E-state index contributed by atoms with van der Waals surface area (Å²) in [7, 11) is 0. The molecule has 29 heavy (non-hydrogen) atoms. The molecule has 0 bridgehead atoms. The van der Waals surface area contributed by atoms with E-state index in [1.165, 1.54) is 11.1 Å². The standard InChI is InChI=1S/C26H28N2O/c27-17-23-18-28(19-25(23)21-11-5-2-6-12-21)26(29)24-14-8-7-13-22(24)16-15-20-9-3-1-4-10-20/h1-14,23,25H,15-19,27H2/t23-,25+/m1/s1. The minimum absolute atomic E-state index is 0.130. The lowest BCUT2D eigenvalue weighted by molar-refractivity contribution is 0.0785. The zero-order chi connectivity index (χ0) is 20.1. The summed E-state index contributed by atoms with van der Waals surface area (Å²) in [6, 6.07) is 28.9. The SMILES string of the molecule is NC[C@@H]1CN(C(=O)c2ccccc2CCc2ccccc2)C[C@H]1c1ccccc1. The lowest BCUT2D eigenvalue weighted by Crippen LogP contribution is -2.30. The third-order valence-corrected chi connectivity index (χ3v) is 6.03. The van der Waals surface area contributed by atoms with Crippen LogP contribution in [-0.2, 0) is 12.8 Å². The first-order valence-electron chi connectivity index (χ1n) is 10.4. The van der Waals surface area contributed by atoms with E-state index in [1.807, 2.05) is 35.2 Å². The molecule has 3 aromatic rings. The Balaban J connectivity index is 1.51. The number of nitrogens with two attached hydrogens (primary N) is 1. The summed E-state index contributed by atoms with van der Waals surface area (Å²) < 4.78 is 0. The molecule has 0 spiro atoms. The molecule has 0 saturated carbocycles. The van der Waals surface area contributed by atoms with Crippen LogP contribution in [0, 0.1) is 5.92 Å². The van der Waals surface area contributed by atoms with E-state index in [-0.39, 0.29) is 5.91 Å². The maximum Gasteiger partial charge on any atom is 0.254 e. The van der Waals surface area contributed by atoms with Gasteiger partial charge in [0, 0.05) is 24.6 Å². The van der Waals surface area contributed by atoms with Crippen LogP contribution < -0.4 is 5.73 Å². The lowest BCUT2D eigenvalue weighted by atomic mass is 9.89. The number of carbonyl (C=O) groups excluding carboxylic acids is 1. The maximum absolute atomic E-state index is 13.4. The monoisotopic (exact) mass is 384 g/mol. The number of hydrogen-bond donors (Lipinski definition) is 1. The van der Waals surface area contributed by atoms with E-state index in [1.54, 1.807) is 0 Å². The summed E-state index contributed by atoms with van der Waals surface area (Å²) in [4.78, 5) is 15.4. The van der Waals surface area contributed by atoms with Crippen LogP contribution in [0.25, 0.3) is 0 Å². The summed E-state index contributed by atoms with van der Waals surface area (Å²) in [6.07, 6.45) is 1.80. The van der Waals surface area contributed by atoms with Crippen molar-refractivity contribution < 1.29 is 4.79 Å². The molecule has 3 aromatic carbocycles. The van der Waals surface area contributed by atoms with Gasteiger partial charge < -0.3 is 10.6 Å². The van der Waals surface area contributed by atoms with E-state index < -0.39 is 0 Å². The topological polar surface area (TPSA) is 46.3 Å². The fourth-order valence-electron chi connectivity index (χ4n) is 4.39. The van der Waals surface area contributed by atoms with E-state index in [0.717, 1.165) is 37.1 Å². The number of rotatable bonds is 6. The van der Waals surface area contributed by atoms with Crippen LogP contribution >= 0.6 is 0 Å². The molecule has 0 aliphatic carbocycles. The Bertz CT molecular complexity index is 939. The summed E-state index contributed by atoms with van der Waals surface area (Å²) in [6.45, 7) is 2.05. The second kappa shape index (κ2) is 9.06. The minimum atomic E-state index is 0.130. The Morgan fingerprint density at radius 3 is 2.21 bits per heavy atom. The largest absolute Gasteiger partial charge is 0.338 e. The third-order valence-electron chi connectivity index (χ3n) is 6.03. The molecule has 3 nitrogen and oxygen atoms in total. The van der Waals surface area contributed by atoms with Crippen molar-refractivity contribution in [3.8, 4) is 0 Å². The Kier molecular flexibility index (Phi) is 6.06. The van der Waals surface area contributed by atoms with Gasteiger partial charge in [0.25, 0.3) is 5.91 Å². The van der Waals surface area contributed by atoms with Gasteiger partial charge in [-0.1, -0.05) is 78.9 Å². The molecule has 1 fully saturated rings. The van der Waals surface area contributed by atoms with Crippen molar-refractivity contribution in [2.75, 3.05) is 19.6 Å². The van der Waals surface area contributed by atoms with Gasteiger partial charge in [-0.2, -0.15) is 0 Å². The van der Waals surface area contributed by atoms with E-state index in [0.29, 0.717) is 18.4 Å². The number of likely N-dealkylation sites (tertiary alicyclic amines) is 1. The highest BCUT2D eigenvalue weighted by atomic mass is 16.2. The number of aryl methyl sites for hydroxylation is 2. The van der Waals surface area contributed by atoms with Crippen LogP contribution in [0.5, 0.6) is 0 Å². The Morgan fingerprint density at radius 1 is 0.828 bits per heavy atom. The van der Waals surface area contributed by atoms with Crippen molar-refractivity contribution in [1.29, 1.82) is 0 Å². The normalized spacial score (nSPS) is 18.7. The van der Waals surface area contributed by atoms with Gasteiger partial charge in [-0.05, 0) is 48.1 Å². The smallest absolute Gasteiger partial charge is 0.254 e. The fraction of sp³-hybridized carbons (Fsp3) is 0.269. The first kappa shape index (κ1) is 19.4. The van der Waals surface area contributed by atoms with Gasteiger partial charge in [-0.15, -0.1) is 0 Å². The summed E-state index contributed by atoms with van der Waals surface area (Å²) in [5.41, 5.74) is 10.6. The second-order valence-corrected chi connectivity index (χ2v) is 7.87. The van der Waals surface area contributed by atoms with Gasteiger partial charge >= 0.3 is 0 Å². The number of carbonyl (C=O) groups is 1. The quantitative estimate of drug-likeness (QED) is 0.689. The van der Waals surface area contributed by atoms with Crippen molar-refractivity contribution in [3.05, 3.63) is 107 Å². The summed E-state index contributed by atoms with van der Waals surface area (Å²) in [5.74, 6) is 0.741. The molecule has 4 rings (SSSR count). The number of amides is 1. The van der Waals surface area contributed by atoms with Gasteiger partial charge in [-0.25, -0.2) is 0 Å². The van der Waals surface area contributed by atoms with Crippen molar-refractivity contribution in [1.82, 2.24) is 4.90 Å². The van der Waals surface area contributed by atoms with Crippen molar-refractivity contribution >= 4 is 5.91 Å². The molecule has 0 unspecified atom stereocenters. The third kappa shape index (κ3) is 4.41. The molecule has 1 saturated heterocycles. The first-order chi connectivity index (χ1) is 14.3. The Labute approximate surface area is 173 Å². The van der Waals surface area contributed by atoms with Crippen molar-refractivity contribution in [3.63, 3.8) is 0 Å². The molecule has 3 heteroatoms. The molecule has 2 N–H and O–H groups in total. The molecule has 0 aromatic heterocycles. The van der Waals surface area contributed by atoms with E-state index in [9.17, 15) is 4.79 Å². The zero-order valence-electron chi connectivity index (χ0n) is 16.7. The van der Waals surface area contributed by atoms with Gasteiger partial charge in [-0.3, -0.25) is 4.79 Å². The zero-order valence-corrected chi connectivity index (χ0v) is 16.7. The van der Waals surface area contributed by atoms with Crippen LogP contribution in [0.3, 0.4) is 0 Å². The van der Waals surface area contributed by atoms with Crippen LogP contribution in [0.15, 0.2) is 84.9 Å². The number of benzene rings is 3. The summed E-state index contributed by atoms with van der Waals surface area (Å²) in [5, 5.41) is 0. The van der Waals surface area contributed by atoms with Gasteiger partial charge in [0.15, 0.2) is 0 Å². The molecule has 1 amide bonds. The highest BCUT2D eigenvalue weighted by Crippen LogP contribution is 2.33. The highest BCUT2D eigenvalue weighted by Gasteiger charge is 2.35. The summed E-state index contributed by atoms with van der Waals surface area (Å²) >= 11 is 0. The van der Waals surface area contributed by atoms with Crippen LogP contribution in [-0.4, -0.2) is 30.4 Å². The van der Waals surface area contributed by atoms with E-state index in [2.05, 4.69) is 54.6 Å². The number of hydrogen-bond acceptors (Lipinski definition) is 2. The molecule has 1 aliphatic rings. The molecular weight excluding hydrogens is 356 g/mol. The molecule has 1 heterocycles. The molecular formula is C26H28N2O. The van der Waals surface area contributed by atoms with Crippen LogP contribution in [0.2, 0.25) is 0 Å². The average Bonchev–Trinajstić information content (AvgIpc) is 3.23. The van der Waals surface area contributed by atoms with Gasteiger partial charge in [0.1, 0.15) is 0 Å². The average molecular weight is 385 g/mol. The molecule has 148 valence electrons. The van der Waals surface area contributed by atoms with Crippen molar-refractivity contribution in [2.45, 2.75) is 18.8 Å². The van der Waals surface area contributed by atoms with Crippen LogP contribution in [0.1, 0.15) is 33.0 Å². The highest BCUT2D eigenvalue weighted by molar-refractivity contribution is 5.96. The van der Waals surface area contributed by atoms with Gasteiger partial charge in [0.2, 0.25) is 0 Å². The maximum atomic E-state index is 13.4. The predicted octanol–water partition coefficient (Wildman–Crippen LogP) is 4.29. The van der Waals surface area contributed by atoms with Crippen LogP contribution in [0.4, 0.5) is 0 Å².